The lowest BCUT2D eigenvalue weighted by Crippen LogP contribution is -2.29. The Morgan fingerprint density at radius 3 is 2.68 bits per heavy atom. The third-order valence-corrected chi connectivity index (χ3v) is 3.85. The zero-order chi connectivity index (χ0) is 13.7. The van der Waals surface area contributed by atoms with Crippen molar-refractivity contribution < 1.29 is 9.90 Å². The Hall–Kier alpha value is -1.35. The second-order valence-corrected chi connectivity index (χ2v) is 5.39. The van der Waals surface area contributed by atoms with Gasteiger partial charge in [0.1, 0.15) is 0 Å². The van der Waals surface area contributed by atoms with Crippen molar-refractivity contribution in [1.29, 1.82) is 0 Å². The Kier molecular flexibility index (Phi) is 4.97. The van der Waals surface area contributed by atoms with E-state index in [1.165, 1.54) is 18.4 Å². The van der Waals surface area contributed by atoms with Crippen molar-refractivity contribution in [2.24, 2.45) is 5.92 Å². The number of unbranched alkanes of at least 4 members (excludes halogenated alkanes) is 1. The molecule has 0 aromatic heterocycles. The summed E-state index contributed by atoms with van der Waals surface area (Å²) in [7, 11) is 0. The molecule has 0 saturated carbocycles. The number of aliphatic hydroxyl groups is 1. The highest BCUT2D eigenvalue weighted by atomic mass is 16.3. The Bertz CT molecular complexity index is 413. The fraction of sp³-hybridized carbons (Fsp3) is 0.562. The fourth-order valence-electron chi connectivity index (χ4n) is 2.54. The highest BCUT2D eigenvalue weighted by molar-refractivity contribution is 5.94. The zero-order valence-electron chi connectivity index (χ0n) is 11.6. The summed E-state index contributed by atoms with van der Waals surface area (Å²) in [5, 5.41) is 9.12. The molecule has 1 amide bonds. The van der Waals surface area contributed by atoms with Crippen LogP contribution in [0.15, 0.2) is 24.3 Å². The first-order valence-corrected chi connectivity index (χ1v) is 7.23. The minimum atomic E-state index is 0.0954. The largest absolute Gasteiger partial charge is 0.396 e. The first kappa shape index (κ1) is 14.1. The topological polar surface area (TPSA) is 40.5 Å². The number of nitrogens with zero attached hydrogens (tertiary/aromatic N) is 1. The highest BCUT2D eigenvalue weighted by Gasteiger charge is 2.26. The van der Waals surface area contributed by atoms with Crippen LogP contribution < -0.4 is 0 Å². The molecule has 3 heteroatoms. The number of hydrogen-bond acceptors (Lipinski definition) is 2. The molecule has 104 valence electrons. The predicted molar refractivity (Wildman–Crippen MR) is 76.2 cm³/mol. The van der Waals surface area contributed by atoms with Gasteiger partial charge in [-0.15, -0.1) is 0 Å². The van der Waals surface area contributed by atoms with Crippen LogP contribution in [-0.4, -0.2) is 35.6 Å². The van der Waals surface area contributed by atoms with E-state index in [9.17, 15) is 4.79 Å². The molecule has 0 bridgehead atoms. The molecule has 1 unspecified atom stereocenters. The van der Waals surface area contributed by atoms with Crippen LogP contribution in [0.5, 0.6) is 0 Å². The maximum absolute atomic E-state index is 12.3. The molecular formula is C16H23NO2. The van der Waals surface area contributed by atoms with Crippen molar-refractivity contribution in [3.05, 3.63) is 35.4 Å². The van der Waals surface area contributed by atoms with Crippen LogP contribution in [0.2, 0.25) is 0 Å². The second-order valence-electron chi connectivity index (χ2n) is 5.39. The number of aryl methyl sites for hydroxylation is 1. The van der Waals surface area contributed by atoms with E-state index in [4.69, 9.17) is 5.11 Å². The number of rotatable bonds is 5. The molecule has 1 N–H and O–H groups in total. The lowest BCUT2D eigenvalue weighted by molar-refractivity contribution is 0.0782. The van der Waals surface area contributed by atoms with Gasteiger partial charge in [0.25, 0.3) is 5.91 Å². The van der Waals surface area contributed by atoms with E-state index >= 15 is 0 Å². The molecule has 1 aromatic carbocycles. The third-order valence-electron chi connectivity index (χ3n) is 3.85. The zero-order valence-corrected chi connectivity index (χ0v) is 11.6. The number of amides is 1. The van der Waals surface area contributed by atoms with Crippen LogP contribution in [0.3, 0.4) is 0 Å². The summed E-state index contributed by atoms with van der Waals surface area (Å²) < 4.78 is 0. The smallest absolute Gasteiger partial charge is 0.253 e. The monoisotopic (exact) mass is 261 g/mol. The van der Waals surface area contributed by atoms with E-state index < -0.39 is 0 Å². The molecule has 1 heterocycles. The second kappa shape index (κ2) is 6.71. The number of carbonyl (C=O) groups is 1. The highest BCUT2D eigenvalue weighted by Crippen LogP contribution is 2.18. The third kappa shape index (κ3) is 3.57. The summed E-state index contributed by atoms with van der Waals surface area (Å²) in [5.41, 5.74) is 2.06. The Morgan fingerprint density at radius 1 is 1.37 bits per heavy atom. The molecule has 1 aliphatic heterocycles. The van der Waals surface area contributed by atoms with Crippen LogP contribution in [-0.2, 0) is 6.42 Å². The van der Waals surface area contributed by atoms with Gasteiger partial charge in [0.15, 0.2) is 0 Å². The average Bonchev–Trinajstić information content (AvgIpc) is 2.94. The van der Waals surface area contributed by atoms with Gasteiger partial charge < -0.3 is 10.0 Å². The summed E-state index contributed by atoms with van der Waals surface area (Å²) in [6, 6.07) is 7.98. The average molecular weight is 261 g/mol. The van der Waals surface area contributed by atoms with Crippen LogP contribution in [0.25, 0.3) is 0 Å². The molecule has 1 saturated heterocycles. The normalized spacial score (nSPS) is 18.8. The lowest BCUT2D eigenvalue weighted by Gasteiger charge is -2.16. The van der Waals surface area contributed by atoms with Gasteiger partial charge in [0.2, 0.25) is 0 Å². The van der Waals surface area contributed by atoms with Crippen LogP contribution in [0, 0.1) is 5.92 Å². The molecular weight excluding hydrogens is 238 g/mol. The number of likely N-dealkylation sites (tertiary alicyclic amines) is 1. The number of aliphatic hydroxyl groups excluding tert-OH is 1. The Labute approximate surface area is 115 Å². The molecule has 0 spiro atoms. The molecule has 19 heavy (non-hydrogen) atoms. The summed E-state index contributed by atoms with van der Waals surface area (Å²) in [5.74, 6) is 0.353. The van der Waals surface area contributed by atoms with Crippen LogP contribution in [0.4, 0.5) is 0 Å². The predicted octanol–water partition coefficient (Wildman–Crippen LogP) is 2.48. The van der Waals surface area contributed by atoms with E-state index in [0.717, 1.165) is 24.9 Å². The minimum absolute atomic E-state index is 0.0954. The number of hydrogen-bond donors (Lipinski definition) is 1. The molecule has 1 fully saturated rings. The van der Waals surface area contributed by atoms with Gasteiger partial charge in [-0.05, 0) is 37.0 Å². The van der Waals surface area contributed by atoms with Crippen molar-refractivity contribution in [1.82, 2.24) is 4.90 Å². The summed E-state index contributed by atoms with van der Waals surface area (Å²) in [6.45, 7) is 3.82. The van der Waals surface area contributed by atoms with Gasteiger partial charge in [0, 0.05) is 31.2 Å². The van der Waals surface area contributed by atoms with Crippen LogP contribution >= 0.6 is 0 Å². The van der Waals surface area contributed by atoms with E-state index in [2.05, 4.69) is 19.1 Å². The van der Waals surface area contributed by atoms with Crippen LogP contribution in [0.1, 0.15) is 42.1 Å². The Balaban J connectivity index is 1.96. The lowest BCUT2D eigenvalue weighted by atomic mass is 10.1. The van der Waals surface area contributed by atoms with Gasteiger partial charge in [0.05, 0.1) is 0 Å². The first-order valence-electron chi connectivity index (χ1n) is 7.23. The summed E-state index contributed by atoms with van der Waals surface area (Å²) in [4.78, 5) is 14.1. The van der Waals surface area contributed by atoms with Gasteiger partial charge in [-0.1, -0.05) is 25.5 Å². The van der Waals surface area contributed by atoms with Crippen molar-refractivity contribution in [2.45, 2.75) is 32.6 Å². The van der Waals surface area contributed by atoms with E-state index in [0.29, 0.717) is 6.54 Å². The Morgan fingerprint density at radius 2 is 2.11 bits per heavy atom. The first-order chi connectivity index (χ1) is 9.24. The van der Waals surface area contributed by atoms with Crippen molar-refractivity contribution in [3.63, 3.8) is 0 Å². The van der Waals surface area contributed by atoms with Gasteiger partial charge >= 0.3 is 0 Å². The quantitative estimate of drug-likeness (QED) is 0.884. The summed E-state index contributed by atoms with van der Waals surface area (Å²) >= 11 is 0. The van der Waals surface area contributed by atoms with Crippen molar-refractivity contribution >= 4 is 5.91 Å². The van der Waals surface area contributed by atoms with Gasteiger partial charge in [-0.2, -0.15) is 0 Å². The van der Waals surface area contributed by atoms with Gasteiger partial charge in [-0.3, -0.25) is 4.79 Å². The SMILES string of the molecule is CCCCc1ccc(C(=O)N2CCC(CO)C2)cc1. The molecule has 3 nitrogen and oxygen atoms in total. The molecule has 1 aliphatic rings. The number of benzene rings is 1. The molecule has 1 atom stereocenters. The molecule has 0 radical (unpaired) electrons. The minimum Gasteiger partial charge on any atom is -0.396 e. The number of carbonyl (C=O) groups excluding carboxylic acids is 1. The fourth-order valence-corrected chi connectivity index (χ4v) is 2.54. The summed E-state index contributed by atoms with van der Waals surface area (Å²) in [6.07, 6.45) is 4.38. The van der Waals surface area contributed by atoms with E-state index in [1.54, 1.807) is 0 Å². The molecule has 2 rings (SSSR count). The van der Waals surface area contributed by atoms with Crippen molar-refractivity contribution in [2.75, 3.05) is 19.7 Å². The standard InChI is InChI=1S/C16H23NO2/c1-2-3-4-13-5-7-15(8-6-13)16(19)17-10-9-14(11-17)12-18/h5-8,14,18H,2-4,9-12H2,1H3. The maximum Gasteiger partial charge on any atom is 0.253 e. The van der Waals surface area contributed by atoms with Gasteiger partial charge in [-0.25, -0.2) is 0 Å². The maximum atomic E-state index is 12.3. The van der Waals surface area contributed by atoms with Crippen molar-refractivity contribution in [3.8, 4) is 0 Å². The molecule has 1 aromatic rings. The van der Waals surface area contributed by atoms with E-state index in [-0.39, 0.29) is 18.4 Å². The molecule has 0 aliphatic carbocycles. The van der Waals surface area contributed by atoms with E-state index in [1.807, 2.05) is 17.0 Å².